The van der Waals surface area contributed by atoms with Crippen molar-refractivity contribution in [2.45, 2.75) is 60.8 Å². The van der Waals surface area contributed by atoms with Gasteiger partial charge in [0.15, 0.2) is 0 Å². The van der Waals surface area contributed by atoms with E-state index in [1.165, 1.54) is 19.3 Å². The van der Waals surface area contributed by atoms with Crippen LogP contribution >= 0.6 is 0 Å². The van der Waals surface area contributed by atoms with Crippen LogP contribution in [-0.4, -0.2) is 0 Å². The molecule has 1 aliphatic rings. The second-order valence-corrected chi connectivity index (χ2v) is 6.61. The predicted molar refractivity (Wildman–Crippen MR) is 55.2 cm³/mol. The highest BCUT2D eigenvalue weighted by Crippen LogP contribution is 2.55. The SMILES string of the molecule is CC1(C)CCC(C)(C)C(C)(C)C1. The summed E-state index contributed by atoms with van der Waals surface area (Å²) in [4.78, 5) is 0. The number of hydrogen-bond donors (Lipinski definition) is 0. The lowest BCUT2D eigenvalue weighted by molar-refractivity contribution is -0.0130. The molecule has 0 heterocycles. The molecule has 0 spiro atoms. The van der Waals surface area contributed by atoms with E-state index in [4.69, 9.17) is 0 Å². The highest BCUT2D eigenvalue weighted by Gasteiger charge is 2.44. The lowest BCUT2D eigenvalue weighted by atomic mass is 9.53. The molecule has 0 atom stereocenters. The molecule has 12 heavy (non-hydrogen) atoms. The second-order valence-electron chi connectivity index (χ2n) is 6.61. The van der Waals surface area contributed by atoms with E-state index in [0.29, 0.717) is 16.2 Å². The Morgan fingerprint density at radius 1 is 0.667 bits per heavy atom. The summed E-state index contributed by atoms with van der Waals surface area (Å²) < 4.78 is 0. The summed E-state index contributed by atoms with van der Waals surface area (Å²) in [5.74, 6) is 0. The van der Waals surface area contributed by atoms with E-state index >= 15 is 0 Å². The van der Waals surface area contributed by atoms with Gasteiger partial charge in [-0.1, -0.05) is 41.5 Å². The molecule has 0 unspecified atom stereocenters. The van der Waals surface area contributed by atoms with Gasteiger partial charge in [0.25, 0.3) is 0 Å². The Morgan fingerprint density at radius 3 is 1.50 bits per heavy atom. The first-order valence-electron chi connectivity index (χ1n) is 5.16. The van der Waals surface area contributed by atoms with E-state index in [1.54, 1.807) is 0 Å². The maximum absolute atomic E-state index is 2.42. The Morgan fingerprint density at radius 2 is 1.17 bits per heavy atom. The van der Waals surface area contributed by atoms with Gasteiger partial charge in [0.1, 0.15) is 0 Å². The highest BCUT2D eigenvalue weighted by molar-refractivity contribution is 4.95. The second kappa shape index (κ2) is 2.49. The minimum atomic E-state index is 0.509. The van der Waals surface area contributed by atoms with Gasteiger partial charge >= 0.3 is 0 Å². The Bertz CT molecular complexity index is 172. The van der Waals surface area contributed by atoms with Gasteiger partial charge in [0.05, 0.1) is 0 Å². The number of hydrogen-bond acceptors (Lipinski definition) is 0. The van der Waals surface area contributed by atoms with Gasteiger partial charge in [-0.05, 0) is 35.5 Å². The first kappa shape index (κ1) is 10.1. The zero-order valence-electron chi connectivity index (χ0n) is 9.62. The van der Waals surface area contributed by atoms with Gasteiger partial charge in [0.2, 0.25) is 0 Å². The quantitative estimate of drug-likeness (QED) is 0.507. The average molecular weight is 168 g/mol. The smallest absolute Gasteiger partial charge is 0.0298 e. The van der Waals surface area contributed by atoms with E-state index in [9.17, 15) is 0 Å². The van der Waals surface area contributed by atoms with Crippen LogP contribution in [0.15, 0.2) is 0 Å². The lowest BCUT2D eigenvalue weighted by Crippen LogP contribution is -2.41. The third-order valence-corrected chi connectivity index (χ3v) is 4.18. The first-order chi connectivity index (χ1) is 5.16. The largest absolute Gasteiger partial charge is 0.0599 e. The van der Waals surface area contributed by atoms with Gasteiger partial charge in [-0.3, -0.25) is 0 Å². The summed E-state index contributed by atoms with van der Waals surface area (Å²) in [7, 11) is 0. The van der Waals surface area contributed by atoms with Gasteiger partial charge < -0.3 is 0 Å². The third-order valence-electron chi connectivity index (χ3n) is 4.18. The first-order valence-corrected chi connectivity index (χ1v) is 5.16. The summed E-state index contributed by atoms with van der Waals surface area (Å²) in [6.45, 7) is 14.5. The molecule has 1 saturated carbocycles. The Balaban J connectivity index is 2.82. The molecule has 0 heteroatoms. The summed E-state index contributed by atoms with van der Waals surface area (Å²) in [6, 6.07) is 0. The van der Waals surface area contributed by atoms with Crippen molar-refractivity contribution < 1.29 is 0 Å². The predicted octanol–water partition coefficient (Wildman–Crippen LogP) is 4.25. The van der Waals surface area contributed by atoms with Crippen molar-refractivity contribution in [2.75, 3.05) is 0 Å². The van der Waals surface area contributed by atoms with Crippen molar-refractivity contribution in [1.29, 1.82) is 0 Å². The van der Waals surface area contributed by atoms with E-state index in [1.807, 2.05) is 0 Å². The molecule has 0 saturated heterocycles. The molecule has 1 rings (SSSR count). The maximum Gasteiger partial charge on any atom is -0.0298 e. The summed E-state index contributed by atoms with van der Waals surface area (Å²) in [5, 5.41) is 0. The minimum Gasteiger partial charge on any atom is -0.0599 e. The van der Waals surface area contributed by atoms with Crippen LogP contribution in [0, 0.1) is 16.2 Å². The molecule has 0 aromatic carbocycles. The lowest BCUT2D eigenvalue weighted by Gasteiger charge is -2.52. The molecule has 72 valence electrons. The van der Waals surface area contributed by atoms with E-state index < -0.39 is 0 Å². The summed E-state index contributed by atoms with van der Waals surface area (Å²) in [6.07, 6.45) is 4.14. The van der Waals surface area contributed by atoms with Crippen molar-refractivity contribution in [1.82, 2.24) is 0 Å². The van der Waals surface area contributed by atoms with Gasteiger partial charge in [0, 0.05) is 0 Å². The fourth-order valence-electron chi connectivity index (χ4n) is 2.51. The Kier molecular flexibility index (Phi) is 2.10. The van der Waals surface area contributed by atoms with Gasteiger partial charge in [-0.2, -0.15) is 0 Å². The van der Waals surface area contributed by atoms with Crippen LogP contribution in [0.3, 0.4) is 0 Å². The van der Waals surface area contributed by atoms with Crippen molar-refractivity contribution in [2.24, 2.45) is 16.2 Å². The highest BCUT2D eigenvalue weighted by atomic mass is 14.5. The topological polar surface area (TPSA) is 0 Å². The zero-order chi connectivity index (χ0) is 9.62. The molecule has 0 radical (unpaired) electrons. The van der Waals surface area contributed by atoms with Crippen LogP contribution in [-0.2, 0) is 0 Å². The maximum atomic E-state index is 2.42. The molecule has 0 nitrogen and oxygen atoms in total. The van der Waals surface area contributed by atoms with E-state index in [-0.39, 0.29) is 0 Å². The van der Waals surface area contributed by atoms with Crippen LogP contribution in [0.2, 0.25) is 0 Å². The Labute approximate surface area is 77.7 Å². The van der Waals surface area contributed by atoms with Crippen molar-refractivity contribution in [3.63, 3.8) is 0 Å². The fourth-order valence-corrected chi connectivity index (χ4v) is 2.51. The van der Waals surface area contributed by atoms with Gasteiger partial charge in [-0.25, -0.2) is 0 Å². The third kappa shape index (κ3) is 1.67. The number of rotatable bonds is 0. The molecule has 1 fully saturated rings. The molecule has 0 bridgehead atoms. The zero-order valence-corrected chi connectivity index (χ0v) is 9.62. The van der Waals surface area contributed by atoms with Crippen LogP contribution in [0.1, 0.15) is 60.8 Å². The normalized spacial score (nSPS) is 31.5. The summed E-state index contributed by atoms with van der Waals surface area (Å²) >= 11 is 0. The molecule has 1 aliphatic carbocycles. The molecule has 0 aromatic rings. The van der Waals surface area contributed by atoms with Crippen molar-refractivity contribution >= 4 is 0 Å². The molecule has 0 amide bonds. The summed E-state index contributed by atoms with van der Waals surface area (Å²) in [5.41, 5.74) is 1.61. The van der Waals surface area contributed by atoms with Crippen molar-refractivity contribution in [3.8, 4) is 0 Å². The molecule has 0 N–H and O–H groups in total. The van der Waals surface area contributed by atoms with Crippen LogP contribution in [0.4, 0.5) is 0 Å². The molecule has 0 aliphatic heterocycles. The monoisotopic (exact) mass is 168 g/mol. The fraction of sp³-hybridized carbons (Fsp3) is 1.00. The van der Waals surface area contributed by atoms with Crippen LogP contribution in [0.5, 0.6) is 0 Å². The van der Waals surface area contributed by atoms with E-state index in [0.717, 1.165) is 0 Å². The van der Waals surface area contributed by atoms with Crippen LogP contribution in [0.25, 0.3) is 0 Å². The minimum absolute atomic E-state index is 0.509. The van der Waals surface area contributed by atoms with Crippen molar-refractivity contribution in [3.05, 3.63) is 0 Å². The van der Waals surface area contributed by atoms with Gasteiger partial charge in [-0.15, -0.1) is 0 Å². The standard InChI is InChI=1S/C12H24/c1-10(2)7-8-11(3,4)12(5,6)9-10/h7-9H2,1-6H3. The Hall–Kier alpha value is 0. The molecular formula is C12H24. The average Bonchev–Trinajstić information content (AvgIpc) is 1.79. The molecule has 0 aromatic heterocycles. The van der Waals surface area contributed by atoms with E-state index in [2.05, 4.69) is 41.5 Å². The molecular weight excluding hydrogens is 144 g/mol. The van der Waals surface area contributed by atoms with Crippen LogP contribution < -0.4 is 0 Å².